The first kappa shape index (κ1) is 24.7. The Labute approximate surface area is 193 Å². The second-order valence-electron chi connectivity index (χ2n) is 8.53. The molecule has 3 rings (SSSR count). The average molecular weight is 480 g/mol. The van der Waals surface area contributed by atoms with E-state index in [1.165, 1.54) is 32.0 Å². The van der Waals surface area contributed by atoms with E-state index in [9.17, 15) is 27.6 Å². The van der Waals surface area contributed by atoms with Gasteiger partial charge < -0.3 is 20.3 Å². The number of sulfone groups is 1. The lowest BCUT2D eigenvalue weighted by molar-refractivity contribution is -0.139. The van der Waals surface area contributed by atoms with E-state index in [1.54, 1.807) is 4.90 Å². The van der Waals surface area contributed by atoms with Crippen LogP contribution in [0.1, 0.15) is 56.3 Å². The monoisotopic (exact) mass is 479 g/mol. The molecule has 1 saturated heterocycles. The summed E-state index contributed by atoms with van der Waals surface area (Å²) in [5, 5.41) is 5.10. The van der Waals surface area contributed by atoms with Crippen LogP contribution in [0.15, 0.2) is 18.2 Å². The van der Waals surface area contributed by atoms with Crippen molar-refractivity contribution in [2.24, 2.45) is 0 Å². The zero-order valence-electron chi connectivity index (χ0n) is 18.8. The van der Waals surface area contributed by atoms with Crippen LogP contribution in [0.3, 0.4) is 0 Å². The number of hydrogen-bond donors (Lipinski definition) is 2. The van der Waals surface area contributed by atoms with E-state index in [0.717, 1.165) is 25.7 Å². The van der Waals surface area contributed by atoms with Gasteiger partial charge in [0.1, 0.15) is 0 Å². The number of carbonyl (C=O) groups excluding carboxylic acids is 4. The maximum absolute atomic E-state index is 13.0. The number of amides is 3. The van der Waals surface area contributed by atoms with Crippen LogP contribution in [0.25, 0.3) is 0 Å². The molecule has 1 saturated carbocycles. The molecule has 1 aliphatic heterocycles. The SMILES string of the molecule is CC(=O)Nc1cc(NC(C)=O)cc(C(=O)OCC(=O)N(C2CCCC2)C2CCS(=O)(=O)C2)c1. The zero-order chi connectivity index (χ0) is 24.2. The summed E-state index contributed by atoms with van der Waals surface area (Å²) >= 11 is 0. The second-order valence-corrected chi connectivity index (χ2v) is 10.8. The Hall–Kier alpha value is -2.95. The molecular formula is C22H29N3O7S. The molecule has 1 heterocycles. The van der Waals surface area contributed by atoms with Gasteiger partial charge in [0.15, 0.2) is 16.4 Å². The Morgan fingerprint density at radius 2 is 1.52 bits per heavy atom. The highest BCUT2D eigenvalue weighted by atomic mass is 32.2. The molecule has 2 N–H and O–H groups in total. The van der Waals surface area contributed by atoms with Crippen LogP contribution in [0.5, 0.6) is 0 Å². The van der Waals surface area contributed by atoms with Gasteiger partial charge in [0, 0.05) is 37.3 Å². The number of benzene rings is 1. The van der Waals surface area contributed by atoms with Gasteiger partial charge in [-0.2, -0.15) is 0 Å². The molecule has 11 heteroatoms. The molecule has 0 aromatic heterocycles. The predicted octanol–water partition coefficient (Wildman–Crippen LogP) is 1.72. The fraction of sp³-hybridized carbons (Fsp3) is 0.545. The van der Waals surface area contributed by atoms with Gasteiger partial charge in [-0.05, 0) is 37.5 Å². The standard InChI is InChI=1S/C22H29N3O7S/c1-14(26)23-17-9-16(10-18(11-17)24-15(2)27)22(29)32-12-21(28)25(19-5-3-4-6-19)20-7-8-33(30,31)13-20/h9-11,19-20H,3-8,12-13H2,1-2H3,(H,23,26)(H,24,27). The molecule has 2 aliphatic rings. The molecular weight excluding hydrogens is 450 g/mol. The molecule has 2 fully saturated rings. The summed E-state index contributed by atoms with van der Waals surface area (Å²) in [5.41, 5.74) is 0.625. The zero-order valence-corrected chi connectivity index (χ0v) is 19.6. The molecule has 1 unspecified atom stereocenters. The number of anilines is 2. The number of hydrogen-bond acceptors (Lipinski definition) is 7. The van der Waals surface area contributed by atoms with E-state index in [4.69, 9.17) is 4.74 Å². The number of nitrogens with one attached hydrogen (secondary N) is 2. The minimum absolute atomic E-state index is 0.0497. The van der Waals surface area contributed by atoms with Crippen molar-refractivity contribution in [1.29, 1.82) is 0 Å². The molecule has 1 atom stereocenters. The van der Waals surface area contributed by atoms with Crippen LogP contribution >= 0.6 is 0 Å². The van der Waals surface area contributed by atoms with Crippen molar-refractivity contribution >= 4 is 44.9 Å². The third-order valence-electron chi connectivity index (χ3n) is 5.74. The van der Waals surface area contributed by atoms with E-state index in [1.807, 2.05) is 0 Å². The molecule has 180 valence electrons. The van der Waals surface area contributed by atoms with E-state index < -0.39 is 34.4 Å². The first-order valence-corrected chi connectivity index (χ1v) is 12.7. The van der Waals surface area contributed by atoms with Crippen molar-refractivity contribution in [2.75, 3.05) is 28.7 Å². The Balaban J connectivity index is 1.73. The quantitative estimate of drug-likeness (QED) is 0.568. The van der Waals surface area contributed by atoms with Gasteiger partial charge in [-0.25, -0.2) is 13.2 Å². The van der Waals surface area contributed by atoms with Gasteiger partial charge in [0.25, 0.3) is 5.91 Å². The van der Waals surface area contributed by atoms with Gasteiger partial charge in [0.05, 0.1) is 17.1 Å². The highest BCUT2D eigenvalue weighted by molar-refractivity contribution is 7.91. The van der Waals surface area contributed by atoms with Crippen LogP contribution < -0.4 is 10.6 Å². The van der Waals surface area contributed by atoms with Gasteiger partial charge >= 0.3 is 5.97 Å². The van der Waals surface area contributed by atoms with Crippen LogP contribution in [-0.2, 0) is 29.0 Å². The highest BCUT2D eigenvalue weighted by Crippen LogP contribution is 2.29. The molecule has 1 aromatic rings. The summed E-state index contributed by atoms with van der Waals surface area (Å²) in [6, 6.07) is 3.81. The maximum atomic E-state index is 13.0. The fourth-order valence-corrected chi connectivity index (χ4v) is 6.18. The molecule has 1 aromatic carbocycles. The Morgan fingerprint density at radius 3 is 2.00 bits per heavy atom. The molecule has 10 nitrogen and oxygen atoms in total. The van der Waals surface area contributed by atoms with Gasteiger partial charge in [-0.1, -0.05) is 12.8 Å². The highest BCUT2D eigenvalue weighted by Gasteiger charge is 2.39. The Kier molecular flexibility index (Phi) is 7.72. The Morgan fingerprint density at radius 1 is 0.939 bits per heavy atom. The summed E-state index contributed by atoms with van der Waals surface area (Å²) in [5.74, 6) is -1.95. The molecule has 0 radical (unpaired) electrons. The first-order chi connectivity index (χ1) is 15.5. The van der Waals surface area contributed by atoms with E-state index in [2.05, 4.69) is 10.6 Å². The summed E-state index contributed by atoms with van der Waals surface area (Å²) in [7, 11) is -3.18. The lowest BCUT2D eigenvalue weighted by Crippen LogP contribution is -2.48. The van der Waals surface area contributed by atoms with Crippen LogP contribution in [-0.4, -0.2) is 67.2 Å². The number of esters is 1. The molecule has 0 spiro atoms. The van der Waals surface area contributed by atoms with E-state index in [0.29, 0.717) is 6.42 Å². The smallest absolute Gasteiger partial charge is 0.338 e. The van der Waals surface area contributed by atoms with Gasteiger partial charge in [-0.15, -0.1) is 0 Å². The second kappa shape index (κ2) is 10.3. The van der Waals surface area contributed by atoms with E-state index in [-0.39, 0.29) is 46.3 Å². The van der Waals surface area contributed by atoms with Crippen molar-refractivity contribution in [2.45, 2.75) is 58.0 Å². The van der Waals surface area contributed by atoms with Crippen LogP contribution in [0.4, 0.5) is 11.4 Å². The summed E-state index contributed by atoms with van der Waals surface area (Å²) in [6.45, 7) is 2.09. The molecule has 0 bridgehead atoms. The number of carbonyl (C=O) groups is 4. The lowest BCUT2D eigenvalue weighted by Gasteiger charge is -2.33. The molecule has 33 heavy (non-hydrogen) atoms. The van der Waals surface area contributed by atoms with E-state index >= 15 is 0 Å². The van der Waals surface area contributed by atoms with Gasteiger partial charge in [-0.3, -0.25) is 14.4 Å². The first-order valence-electron chi connectivity index (χ1n) is 10.9. The van der Waals surface area contributed by atoms with Crippen molar-refractivity contribution in [3.05, 3.63) is 23.8 Å². The largest absolute Gasteiger partial charge is 0.452 e. The van der Waals surface area contributed by atoms with Crippen molar-refractivity contribution < 1.29 is 32.3 Å². The maximum Gasteiger partial charge on any atom is 0.338 e. The minimum atomic E-state index is -3.18. The van der Waals surface area contributed by atoms with Crippen molar-refractivity contribution in [3.8, 4) is 0 Å². The van der Waals surface area contributed by atoms with Crippen LogP contribution in [0.2, 0.25) is 0 Å². The number of nitrogens with zero attached hydrogens (tertiary/aromatic N) is 1. The minimum Gasteiger partial charge on any atom is -0.452 e. The topological polar surface area (TPSA) is 139 Å². The Bertz CT molecular complexity index is 1010. The number of rotatable bonds is 7. The van der Waals surface area contributed by atoms with Crippen molar-refractivity contribution in [1.82, 2.24) is 4.90 Å². The number of ether oxygens (including phenoxy) is 1. The summed E-state index contributed by atoms with van der Waals surface area (Å²) < 4.78 is 29.2. The summed E-state index contributed by atoms with van der Waals surface area (Å²) in [6.07, 6.45) is 3.92. The molecule has 1 aliphatic carbocycles. The predicted molar refractivity (Wildman–Crippen MR) is 121 cm³/mol. The third-order valence-corrected chi connectivity index (χ3v) is 7.49. The fourth-order valence-electron chi connectivity index (χ4n) is 4.46. The normalized spacial score (nSPS) is 19.6. The molecule has 3 amide bonds. The average Bonchev–Trinajstić information content (AvgIpc) is 3.35. The van der Waals surface area contributed by atoms with Gasteiger partial charge in [0.2, 0.25) is 11.8 Å². The van der Waals surface area contributed by atoms with Crippen LogP contribution in [0, 0.1) is 0 Å². The third kappa shape index (κ3) is 6.77. The summed E-state index contributed by atoms with van der Waals surface area (Å²) in [4.78, 5) is 50.1. The lowest BCUT2D eigenvalue weighted by atomic mass is 10.1. The van der Waals surface area contributed by atoms with Crippen molar-refractivity contribution in [3.63, 3.8) is 0 Å².